The Morgan fingerprint density at radius 2 is 2.00 bits per heavy atom. The van der Waals surface area contributed by atoms with Gasteiger partial charge in [-0.3, -0.25) is 4.79 Å². The Balaban J connectivity index is 1.49. The molecule has 0 aliphatic carbocycles. The summed E-state index contributed by atoms with van der Waals surface area (Å²) >= 11 is 7.54. The SMILES string of the molecule is O=C(Nc1ccc(CNCc2cc(Cl)cs2)cc1)c1ccco1. The molecule has 1 aromatic carbocycles. The maximum atomic E-state index is 11.9. The van der Waals surface area contributed by atoms with Crippen LogP contribution in [0.15, 0.2) is 58.5 Å². The molecular weight excluding hydrogens is 332 g/mol. The van der Waals surface area contributed by atoms with Crippen LogP contribution in [0.1, 0.15) is 21.0 Å². The Bertz CT molecular complexity index is 766. The zero-order chi connectivity index (χ0) is 16.1. The molecule has 23 heavy (non-hydrogen) atoms. The molecule has 118 valence electrons. The predicted molar refractivity (Wildman–Crippen MR) is 93.0 cm³/mol. The molecule has 4 nitrogen and oxygen atoms in total. The highest BCUT2D eigenvalue weighted by atomic mass is 35.5. The number of benzene rings is 1. The van der Waals surface area contributed by atoms with Gasteiger partial charge in [-0.25, -0.2) is 0 Å². The number of thiophene rings is 1. The first kappa shape index (κ1) is 15.8. The molecule has 0 spiro atoms. The van der Waals surface area contributed by atoms with Gasteiger partial charge < -0.3 is 15.1 Å². The number of furan rings is 1. The molecule has 0 aliphatic heterocycles. The first-order valence-corrected chi connectivity index (χ1v) is 8.34. The Morgan fingerprint density at radius 3 is 2.65 bits per heavy atom. The van der Waals surface area contributed by atoms with Gasteiger partial charge in [0.25, 0.3) is 5.91 Å². The number of anilines is 1. The van der Waals surface area contributed by atoms with Gasteiger partial charge in [-0.15, -0.1) is 11.3 Å². The second-order valence-corrected chi connectivity index (χ2v) is 6.40. The molecule has 0 atom stereocenters. The second-order valence-electron chi connectivity index (χ2n) is 4.96. The van der Waals surface area contributed by atoms with Crippen LogP contribution in [0.3, 0.4) is 0 Å². The summed E-state index contributed by atoms with van der Waals surface area (Å²) in [5.74, 6) is 0.0424. The zero-order valence-corrected chi connectivity index (χ0v) is 13.8. The van der Waals surface area contributed by atoms with Gasteiger partial charge in [0.1, 0.15) is 0 Å². The highest BCUT2D eigenvalue weighted by molar-refractivity contribution is 7.10. The van der Waals surface area contributed by atoms with Crippen LogP contribution >= 0.6 is 22.9 Å². The lowest BCUT2D eigenvalue weighted by atomic mass is 10.2. The summed E-state index contributed by atoms with van der Waals surface area (Å²) in [6, 6.07) is 13.0. The van der Waals surface area contributed by atoms with Crippen molar-refractivity contribution in [2.24, 2.45) is 0 Å². The molecule has 2 heterocycles. The molecule has 0 radical (unpaired) electrons. The maximum absolute atomic E-state index is 11.9. The number of amides is 1. The van der Waals surface area contributed by atoms with E-state index in [1.54, 1.807) is 23.5 Å². The Labute approximate surface area is 143 Å². The molecule has 0 bridgehead atoms. The van der Waals surface area contributed by atoms with Crippen LogP contribution < -0.4 is 10.6 Å². The van der Waals surface area contributed by atoms with E-state index in [9.17, 15) is 4.79 Å². The number of halogens is 1. The summed E-state index contributed by atoms with van der Waals surface area (Å²) in [6.45, 7) is 1.54. The van der Waals surface area contributed by atoms with Crippen LogP contribution in [0, 0.1) is 0 Å². The molecule has 2 N–H and O–H groups in total. The topological polar surface area (TPSA) is 54.3 Å². The third-order valence-electron chi connectivity index (χ3n) is 3.21. The van der Waals surface area contributed by atoms with E-state index in [0.717, 1.165) is 29.4 Å². The van der Waals surface area contributed by atoms with Gasteiger partial charge in [-0.1, -0.05) is 23.7 Å². The van der Waals surface area contributed by atoms with E-state index in [1.807, 2.05) is 35.7 Å². The van der Waals surface area contributed by atoms with Crippen molar-refractivity contribution >= 4 is 34.5 Å². The lowest BCUT2D eigenvalue weighted by molar-refractivity contribution is 0.0996. The third-order valence-corrected chi connectivity index (χ3v) is 4.49. The number of hydrogen-bond donors (Lipinski definition) is 2. The molecular formula is C17H15ClN2O2S. The van der Waals surface area contributed by atoms with Gasteiger partial charge >= 0.3 is 0 Å². The molecule has 1 amide bonds. The molecule has 0 saturated heterocycles. The maximum Gasteiger partial charge on any atom is 0.291 e. The largest absolute Gasteiger partial charge is 0.459 e. The van der Waals surface area contributed by atoms with Crippen molar-refractivity contribution in [1.29, 1.82) is 0 Å². The molecule has 0 unspecified atom stereocenters. The fraction of sp³-hybridized carbons (Fsp3) is 0.118. The van der Waals surface area contributed by atoms with Gasteiger partial charge in [0.15, 0.2) is 5.76 Å². The molecule has 0 aliphatic rings. The van der Waals surface area contributed by atoms with E-state index in [-0.39, 0.29) is 5.91 Å². The van der Waals surface area contributed by atoms with E-state index in [0.29, 0.717) is 5.76 Å². The van der Waals surface area contributed by atoms with Crippen molar-refractivity contribution in [2.45, 2.75) is 13.1 Å². The summed E-state index contributed by atoms with van der Waals surface area (Å²) in [5.41, 5.74) is 1.88. The zero-order valence-electron chi connectivity index (χ0n) is 12.2. The minimum atomic E-state index is -0.254. The highest BCUT2D eigenvalue weighted by Crippen LogP contribution is 2.19. The van der Waals surface area contributed by atoms with Gasteiger partial charge in [0, 0.05) is 29.0 Å². The number of carbonyl (C=O) groups excluding carboxylic acids is 1. The highest BCUT2D eigenvalue weighted by Gasteiger charge is 2.08. The number of rotatable bonds is 6. The summed E-state index contributed by atoms with van der Waals surface area (Å²) in [7, 11) is 0. The third kappa shape index (κ3) is 4.45. The quantitative estimate of drug-likeness (QED) is 0.689. The van der Waals surface area contributed by atoms with E-state index in [2.05, 4.69) is 10.6 Å². The van der Waals surface area contributed by atoms with Crippen LogP contribution in [0.25, 0.3) is 0 Å². The standard InChI is InChI=1S/C17H15ClN2O2S/c18-13-8-15(23-11-13)10-19-9-12-3-5-14(6-4-12)20-17(21)16-2-1-7-22-16/h1-8,11,19H,9-10H2,(H,20,21). The van der Waals surface area contributed by atoms with Crippen molar-refractivity contribution in [3.63, 3.8) is 0 Å². The van der Waals surface area contributed by atoms with E-state index in [1.165, 1.54) is 11.1 Å². The van der Waals surface area contributed by atoms with Crippen LogP contribution in [-0.2, 0) is 13.1 Å². The Kier molecular flexibility index (Phi) is 5.12. The van der Waals surface area contributed by atoms with Gasteiger partial charge in [-0.05, 0) is 35.9 Å². The summed E-state index contributed by atoms with van der Waals surface area (Å²) < 4.78 is 5.06. The predicted octanol–water partition coefficient (Wildman–Crippen LogP) is 4.54. The van der Waals surface area contributed by atoms with E-state index in [4.69, 9.17) is 16.0 Å². The van der Waals surface area contributed by atoms with Crippen molar-refractivity contribution in [2.75, 3.05) is 5.32 Å². The molecule has 3 aromatic rings. The lowest BCUT2D eigenvalue weighted by Crippen LogP contribution is -2.12. The van der Waals surface area contributed by atoms with Crippen molar-refractivity contribution in [3.8, 4) is 0 Å². The first-order chi connectivity index (χ1) is 11.2. The first-order valence-electron chi connectivity index (χ1n) is 7.08. The smallest absolute Gasteiger partial charge is 0.291 e. The fourth-order valence-corrected chi connectivity index (χ4v) is 3.13. The average Bonchev–Trinajstić information content (AvgIpc) is 3.21. The minimum absolute atomic E-state index is 0.254. The van der Waals surface area contributed by atoms with E-state index >= 15 is 0 Å². The molecule has 2 aromatic heterocycles. The average molecular weight is 347 g/mol. The number of nitrogens with one attached hydrogen (secondary N) is 2. The molecule has 6 heteroatoms. The van der Waals surface area contributed by atoms with Crippen molar-refractivity contribution in [3.05, 3.63) is 75.3 Å². The van der Waals surface area contributed by atoms with Gasteiger partial charge in [0.2, 0.25) is 0 Å². The Hall–Kier alpha value is -2.08. The molecule has 0 fully saturated rings. The van der Waals surface area contributed by atoms with Gasteiger partial charge in [0.05, 0.1) is 11.3 Å². The van der Waals surface area contributed by atoms with Crippen LogP contribution in [-0.4, -0.2) is 5.91 Å². The summed E-state index contributed by atoms with van der Waals surface area (Å²) in [4.78, 5) is 13.1. The van der Waals surface area contributed by atoms with Crippen LogP contribution in [0.5, 0.6) is 0 Å². The van der Waals surface area contributed by atoms with Crippen molar-refractivity contribution < 1.29 is 9.21 Å². The molecule has 0 saturated carbocycles. The normalized spacial score (nSPS) is 10.7. The monoisotopic (exact) mass is 346 g/mol. The summed E-state index contributed by atoms with van der Waals surface area (Å²) in [6.07, 6.45) is 1.48. The van der Waals surface area contributed by atoms with Crippen LogP contribution in [0.4, 0.5) is 5.69 Å². The fourth-order valence-electron chi connectivity index (χ4n) is 2.08. The lowest BCUT2D eigenvalue weighted by Gasteiger charge is -2.06. The number of carbonyl (C=O) groups is 1. The van der Waals surface area contributed by atoms with E-state index < -0.39 is 0 Å². The minimum Gasteiger partial charge on any atom is -0.459 e. The van der Waals surface area contributed by atoms with Gasteiger partial charge in [-0.2, -0.15) is 0 Å². The molecule has 3 rings (SSSR count). The second kappa shape index (κ2) is 7.46. The van der Waals surface area contributed by atoms with Crippen molar-refractivity contribution in [1.82, 2.24) is 5.32 Å². The Morgan fingerprint density at radius 1 is 1.17 bits per heavy atom. The van der Waals surface area contributed by atoms with Crippen LogP contribution in [0.2, 0.25) is 5.02 Å². The summed E-state index contributed by atoms with van der Waals surface area (Å²) in [5, 5.41) is 8.86. The number of hydrogen-bond acceptors (Lipinski definition) is 4.